The highest BCUT2D eigenvalue weighted by atomic mass is 19.1. The third-order valence-corrected chi connectivity index (χ3v) is 4.79. The molecule has 3 aromatic heterocycles. The SMILES string of the molecule is CCCc1ccc(-c2cnc3[nH]cc(C(=O)c4c(F)ccc(N)c4F)c3c2)cn1. The maximum Gasteiger partial charge on any atom is 0.201 e. The second-order valence-electron chi connectivity index (χ2n) is 6.77. The normalized spacial score (nSPS) is 11.1. The Morgan fingerprint density at radius 3 is 2.62 bits per heavy atom. The number of nitrogen functional groups attached to an aromatic ring is 1. The summed E-state index contributed by atoms with van der Waals surface area (Å²) in [6, 6.07) is 7.71. The minimum atomic E-state index is -1.07. The second kappa shape index (κ2) is 7.43. The third-order valence-electron chi connectivity index (χ3n) is 4.79. The number of benzene rings is 1. The molecule has 0 aliphatic rings. The molecule has 3 heterocycles. The average Bonchev–Trinajstić information content (AvgIpc) is 3.15. The smallest absolute Gasteiger partial charge is 0.201 e. The monoisotopic (exact) mass is 392 g/mol. The molecule has 29 heavy (non-hydrogen) atoms. The molecule has 3 N–H and O–H groups in total. The molecule has 7 heteroatoms. The van der Waals surface area contributed by atoms with Gasteiger partial charge in [0.1, 0.15) is 11.5 Å². The van der Waals surface area contributed by atoms with Crippen LogP contribution in [0.3, 0.4) is 0 Å². The van der Waals surface area contributed by atoms with Crippen LogP contribution in [0.25, 0.3) is 22.2 Å². The number of anilines is 1. The molecular weight excluding hydrogens is 374 g/mol. The molecule has 0 saturated heterocycles. The van der Waals surface area contributed by atoms with Gasteiger partial charge in [-0.2, -0.15) is 0 Å². The van der Waals surface area contributed by atoms with E-state index in [0.717, 1.165) is 41.8 Å². The summed E-state index contributed by atoms with van der Waals surface area (Å²) < 4.78 is 28.5. The molecule has 0 unspecified atom stereocenters. The van der Waals surface area contributed by atoms with E-state index in [2.05, 4.69) is 21.9 Å². The molecule has 1 aromatic carbocycles. The number of hydrogen-bond acceptors (Lipinski definition) is 4. The van der Waals surface area contributed by atoms with Crippen LogP contribution in [0.5, 0.6) is 0 Å². The number of hydrogen-bond donors (Lipinski definition) is 2. The Morgan fingerprint density at radius 1 is 1.10 bits per heavy atom. The molecule has 0 spiro atoms. The first-order valence-electron chi connectivity index (χ1n) is 9.20. The lowest BCUT2D eigenvalue weighted by atomic mass is 10.00. The topological polar surface area (TPSA) is 84.7 Å². The molecule has 4 rings (SSSR count). The van der Waals surface area contributed by atoms with E-state index in [9.17, 15) is 13.6 Å². The highest BCUT2D eigenvalue weighted by molar-refractivity contribution is 6.16. The molecule has 0 bridgehead atoms. The van der Waals surface area contributed by atoms with Crippen molar-refractivity contribution in [3.8, 4) is 11.1 Å². The van der Waals surface area contributed by atoms with Crippen LogP contribution >= 0.6 is 0 Å². The quantitative estimate of drug-likeness (QED) is 0.382. The van der Waals surface area contributed by atoms with E-state index >= 15 is 0 Å². The van der Waals surface area contributed by atoms with Crippen LogP contribution in [0.2, 0.25) is 0 Å². The lowest BCUT2D eigenvalue weighted by Crippen LogP contribution is -2.09. The minimum Gasteiger partial charge on any atom is -0.396 e. The highest BCUT2D eigenvalue weighted by Gasteiger charge is 2.24. The van der Waals surface area contributed by atoms with Crippen molar-refractivity contribution in [2.24, 2.45) is 0 Å². The van der Waals surface area contributed by atoms with Gasteiger partial charge in [-0.05, 0) is 30.7 Å². The van der Waals surface area contributed by atoms with Gasteiger partial charge in [0.15, 0.2) is 5.82 Å². The summed E-state index contributed by atoms with van der Waals surface area (Å²) >= 11 is 0. The molecule has 4 aromatic rings. The van der Waals surface area contributed by atoms with Gasteiger partial charge in [-0.15, -0.1) is 0 Å². The van der Waals surface area contributed by atoms with E-state index < -0.39 is 23.0 Å². The zero-order valence-electron chi connectivity index (χ0n) is 15.7. The summed E-state index contributed by atoms with van der Waals surface area (Å²) in [6.07, 6.45) is 6.70. The number of nitrogens with zero attached hydrogens (tertiary/aromatic N) is 2. The van der Waals surface area contributed by atoms with Crippen molar-refractivity contribution in [3.63, 3.8) is 0 Å². The van der Waals surface area contributed by atoms with Gasteiger partial charge in [0, 0.05) is 46.4 Å². The number of carbonyl (C=O) groups excluding carboxylic acids is 1. The minimum absolute atomic E-state index is 0.119. The number of aromatic amines is 1. The molecule has 0 aliphatic carbocycles. The summed E-state index contributed by atoms with van der Waals surface area (Å²) in [5, 5.41) is 0.464. The molecule has 0 aliphatic heterocycles. The first-order chi connectivity index (χ1) is 14.0. The van der Waals surface area contributed by atoms with E-state index in [0.29, 0.717) is 11.0 Å². The molecule has 5 nitrogen and oxygen atoms in total. The number of carbonyl (C=O) groups is 1. The van der Waals surface area contributed by atoms with Crippen LogP contribution in [0.4, 0.5) is 14.5 Å². The van der Waals surface area contributed by atoms with Crippen molar-refractivity contribution >= 4 is 22.5 Å². The maximum absolute atomic E-state index is 14.3. The van der Waals surface area contributed by atoms with Gasteiger partial charge in [0.2, 0.25) is 5.78 Å². The van der Waals surface area contributed by atoms with Crippen molar-refractivity contribution in [2.75, 3.05) is 5.73 Å². The summed E-state index contributed by atoms with van der Waals surface area (Å²) in [5.41, 5.74) is 7.68. The predicted octanol–water partition coefficient (Wildman–Crippen LogP) is 4.67. The number of aryl methyl sites for hydroxylation is 1. The van der Waals surface area contributed by atoms with Crippen LogP contribution in [0, 0.1) is 11.6 Å². The Bertz CT molecular complexity index is 1220. The van der Waals surface area contributed by atoms with Gasteiger partial charge in [-0.3, -0.25) is 9.78 Å². The molecule has 0 saturated carbocycles. The lowest BCUT2D eigenvalue weighted by Gasteiger charge is -2.07. The number of aromatic nitrogens is 3. The molecule has 0 fully saturated rings. The third kappa shape index (κ3) is 3.35. The number of ketones is 1. The van der Waals surface area contributed by atoms with Crippen LogP contribution in [-0.4, -0.2) is 20.7 Å². The number of fused-ring (bicyclic) bond motifs is 1. The van der Waals surface area contributed by atoms with E-state index in [1.165, 1.54) is 6.20 Å². The Hall–Kier alpha value is -3.61. The van der Waals surface area contributed by atoms with Gasteiger partial charge in [-0.25, -0.2) is 13.8 Å². The number of H-pyrrole nitrogens is 1. The first kappa shape index (κ1) is 18.7. The second-order valence-corrected chi connectivity index (χ2v) is 6.77. The van der Waals surface area contributed by atoms with Crippen LogP contribution < -0.4 is 5.73 Å². The maximum atomic E-state index is 14.3. The van der Waals surface area contributed by atoms with Crippen molar-refractivity contribution in [3.05, 3.63) is 77.4 Å². The van der Waals surface area contributed by atoms with E-state index in [1.807, 2.05) is 12.1 Å². The van der Waals surface area contributed by atoms with E-state index in [-0.39, 0.29) is 11.3 Å². The van der Waals surface area contributed by atoms with Crippen LogP contribution in [-0.2, 0) is 6.42 Å². The summed E-state index contributed by atoms with van der Waals surface area (Å²) in [4.78, 5) is 24.5. The van der Waals surface area contributed by atoms with Gasteiger partial charge >= 0.3 is 0 Å². The van der Waals surface area contributed by atoms with Gasteiger partial charge in [0.05, 0.1) is 11.3 Å². The fourth-order valence-electron chi connectivity index (χ4n) is 3.26. The largest absolute Gasteiger partial charge is 0.396 e. The van der Waals surface area contributed by atoms with E-state index in [1.54, 1.807) is 18.5 Å². The Morgan fingerprint density at radius 2 is 1.90 bits per heavy atom. The van der Waals surface area contributed by atoms with E-state index in [4.69, 9.17) is 5.73 Å². The van der Waals surface area contributed by atoms with Crippen LogP contribution in [0.15, 0.2) is 48.9 Å². The molecule has 0 atom stereocenters. The summed E-state index contributed by atoms with van der Waals surface area (Å²) in [6.45, 7) is 2.09. The van der Waals surface area contributed by atoms with Crippen molar-refractivity contribution in [2.45, 2.75) is 19.8 Å². The number of halogens is 2. The average molecular weight is 392 g/mol. The lowest BCUT2D eigenvalue weighted by molar-refractivity contribution is 0.103. The fourth-order valence-corrected chi connectivity index (χ4v) is 3.26. The summed E-state index contributed by atoms with van der Waals surface area (Å²) in [5.74, 6) is -2.83. The molecule has 0 radical (unpaired) electrons. The zero-order valence-corrected chi connectivity index (χ0v) is 15.7. The number of nitrogens with two attached hydrogens (primary N) is 1. The highest BCUT2D eigenvalue weighted by Crippen LogP contribution is 2.28. The van der Waals surface area contributed by atoms with Gasteiger partial charge in [0.25, 0.3) is 0 Å². The van der Waals surface area contributed by atoms with Crippen molar-refractivity contribution in [1.29, 1.82) is 0 Å². The Kier molecular flexibility index (Phi) is 4.80. The Labute approximate surface area is 165 Å². The molecule has 0 amide bonds. The van der Waals surface area contributed by atoms with Gasteiger partial charge in [-0.1, -0.05) is 19.4 Å². The number of nitrogens with one attached hydrogen (secondary N) is 1. The predicted molar refractivity (Wildman–Crippen MR) is 108 cm³/mol. The number of pyridine rings is 2. The van der Waals surface area contributed by atoms with Crippen molar-refractivity contribution in [1.82, 2.24) is 15.0 Å². The standard InChI is InChI=1S/C22H18F2N4O/c1-2-3-14-5-4-12(9-26-14)13-8-15-16(11-28-22(15)27-10-13)21(29)19-17(23)6-7-18(25)20(19)24/h4-11H,2-3,25H2,1H3,(H,27,28). The fraction of sp³-hybridized carbons (Fsp3) is 0.136. The van der Waals surface area contributed by atoms with Gasteiger partial charge < -0.3 is 10.7 Å². The molecular formula is C22H18F2N4O. The number of rotatable bonds is 5. The Balaban J connectivity index is 1.78. The summed E-state index contributed by atoms with van der Waals surface area (Å²) in [7, 11) is 0. The zero-order chi connectivity index (χ0) is 20.5. The van der Waals surface area contributed by atoms with Crippen molar-refractivity contribution < 1.29 is 13.6 Å². The first-order valence-corrected chi connectivity index (χ1v) is 9.20. The molecule has 146 valence electrons. The van der Waals surface area contributed by atoms with Crippen LogP contribution in [0.1, 0.15) is 35.0 Å².